The van der Waals surface area contributed by atoms with E-state index < -0.39 is 10.4 Å². The molecular formula is H6KNO5S. The third-order valence-electron chi connectivity index (χ3n) is 0. The Balaban J connectivity index is -0.0000000267. The zero-order valence-electron chi connectivity index (χ0n) is 4.29. The number of hydrogen-bond donors (Lipinski definition) is 2. The second kappa shape index (κ2) is 8.43. The molecule has 0 aromatic carbocycles. The molecule has 0 aliphatic carbocycles. The minimum absolute atomic E-state index is 0. The third-order valence-corrected chi connectivity index (χ3v) is 0. The molecular weight excluding hydrogens is 165 g/mol. The van der Waals surface area contributed by atoms with E-state index in [1.165, 1.54) is 0 Å². The van der Waals surface area contributed by atoms with Crippen LogP contribution in [0.2, 0.25) is 0 Å². The summed E-state index contributed by atoms with van der Waals surface area (Å²) in [6.07, 6.45) is 0. The van der Waals surface area contributed by atoms with Crippen molar-refractivity contribution < 1.29 is 74.4 Å². The normalized spacial score (nSPS) is 7.25. The van der Waals surface area contributed by atoms with Gasteiger partial charge in [-0.05, 0) is 0 Å². The topological polar surface area (TPSA) is 144 Å². The quantitative estimate of drug-likeness (QED) is 0.214. The molecule has 0 radical (unpaired) electrons. The van der Waals surface area contributed by atoms with Gasteiger partial charge in [0.25, 0.3) is 0 Å². The summed E-state index contributed by atoms with van der Waals surface area (Å²) in [7, 11) is -4.92. The van der Waals surface area contributed by atoms with Crippen LogP contribution in [0.5, 0.6) is 0 Å². The van der Waals surface area contributed by atoms with Crippen molar-refractivity contribution in [3.05, 3.63) is 0 Å². The van der Waals surface area contributed by atoms with Crippen LogP contribution in [-0.2, 0) is 10.4 Å². The smallest absolute Gasteiger partial charge is 0.726 e. The maximum atomic E-state index is 8.63. The van der Waals surface area contributed by atoms with Crippen LogP contribution in [-0.4, -0.2) is 23.0 Å². The van der Waals surface area contributed by atoms with Gasteiger partial charge in [0.05, 0.1) is 0 Å². The Hall–Kier alpha value is 1.43. The Morgan fingerprint density at radius 3 is 1.38 bits per heavy atom. The monoisotopic (exact) mass is 171 g/mol. The first-order valence-electron chi connectivity index (χ1n) is 0.683. The molecule has 6 N–H and O–H groups in total. The van der Waals surface area contributed by atoms with Gasteiger partial charge < -0.3 is 16.2 Å². The second-order valence-corrected chi connectivity index (χ2v) is 1.28. The number of rotatable bonds is 0. The minimum atomic E-state index is -4.92. The maximum absolute atomic E-state index is 8.63. The van der Waals surface area contributed by atoms with Crippen LogP contribution < -0.4 is 57.5 Å². The molecule has 0 aromatic rings. The Morgan fingerprint density at radius 1 is 1.38 bits per heavy atom. The van der Waals surface area contributed by atoms with Crippen molar-refractivity contribution in [2.75, 3.05) is 0 Å². The number of hydrogen-bond acceptors (Lipinski definition) is 4. The van der Waals surface area contributed by atoms with Crippen molar-refractivity contribution >= 4 is 10.4 Å². The first-order chi connectivity index (χ1) is 2.00. The largest absolute Gasteiger partial charge is 1.00 e. The molecule has 0 rings (SSSR count). The summed E-state index contributed by atoms with van der Waals surface area (Å²) >= 11 is 0. The minimum Gasteiger partial charge on any atom is -0.726 e. The summed E-state index contributed by atoms with van der Waals surface area (Å²) < 4.78 is 32.8. The van der Waals surface area contributed by atoms with E-state index in [2.05, 4.69) is 0 Å². The Labute approximate surface area is 89.5 Å². The van der Waals surface area contributed by atoms with Crippen LogP contribution in [0.1, 0.15) is 0 Å². The predicted octanol–water partition coefficient (Wildman–Crippen LogP) is -4.65. The van der Waals surface area contributed by atoms with E-state index in [9.17, 15) is 0 Å². The molecule has 8 heavy (non-hydrogen) atoms. The standard InChI is InChI=1S/K.H3N.H2O4S.H2O/c;;1-5(2,3)4;/h;1H3;(H2,1,2,3,4);1H2/q+1;;;/p-1. The molecule has 0 heterocycles. The fourth-order valence-electron chi connectivity index (χ4n) is 0. The molecule has 0 amide bonds. The van der Waals surface area contributed by atoms with Crippen molar-refractivity contribution in [1.29, 1.82) is 0 Å². The Kier molecular flexibility index (Phi) is 23.9. The van der Waals surface area contributed by atoms with E-state index in [0.717, 1.165) is 0 Å². The SMILES string of the molecule is N.O.O=S(=O)([O-])O.[K+]. The molecule has 0 bridgehead atoms. The van der Waals surface area contributed by atoms with E-state index in [-0.39, 0.29) is 63.0 Å². The van der Waals surface area contributed by atoms with E-state index in [1.54, 1.807) is 0 Å². The zero-order chi connectivity index (χ0) is 4.50. The third kappa shape index (κ3) is 151. The van der Waals surface area contributed by atoms with Crippen molar-refractivity contribution in [2.45, 2.75) is 0 Å². The fourth-order valence-corrected chi connectivity index (χ4v) is 0. The molecule has 0 fully saturated rings. The van der Waals surface area contributed by atoms with Gasteiger partial charge in [-0.2, -0.15) is 0 Å². The van der Waals surface area contributed by atoms with Crippen molar-refractivity contribution in [3.63, 3.8) is 0 Å². The molecule has 0 atom stereocenters. The molecule has 0 aromatic heterocycles. The van der Waals surface area contributed by atoms with Gasteiger partial charge in [-0.3, -0.25) is 4.55 Å². The van der Waals surface area contributed by atoms with E-state index in [4.69, 9.17) is 17.5 Å². The van der Waals surface area contributed by atoms with Crippen LogP contribution in [0.25, 0.3) is 0 Å². The summed E-state index contributed by atoms with van der Waals surface area (Å²) in [6, 6.07) is 0. The van der Waals surface area contributed by atoms with Gasteiger partial charge >= 0.3 is 51.4 Å². The van der Waals surface area contributed by atoms with Crippen LogP contribution in [0.3, 0.4) is 0 Å². The summed E-state index contributed by atoms with van der Waals surface area (Å²) in [5.41, 5.74) is 0. The summed E-state index contributed by atoms with van der Waals surface area (Å²) in [6.45, 7) is 0. The molecule has 8 heteroatoms. The first-order valence-corrected chi connectivity index (χ1v) is 2.05. The van der Waals surface area contributed by atoms with Gasteiger partial charge in [-0.15, -0.1) is 0 Å². The van der Waals surface area contributed by atoms with Crippen LogP contribution >= 0.6 is 0 Å². The van der Waals surface area contributed by atoms with Crippen molar-refractivity contribution in [2.24, 2.45) is 0 Å². The van der Waals surface area contributed by atoms with Gasteiger partial charge in [-0.1, -0.05) is 0 Å². The van der Waals surface area contributed by atoms with Crippen LogP contribution in [0.15, 0.2) is 0 Å². The van der Waals surface area contributed by atoms with Gasteiger partial charge in [0.1, 0.15) is 0 Å². The molecule has 6 nitrogen and oxygen atoms in total. The van der Waals surface area contributed by atoms with E-state index in [1.807, 2.05) is 0 Å². The van der Waals surface area contributed by atoms with Crippen LogP contribution in [0.4, 0.5) is 0 Å². The van der Waals surface area contributed by atoms with Crippen LogP contribution in [0, 0.1) is 0 Å². The molecule has 0 saturated carbocycles. The average Bonchev–Trinajstić information content (AvgIpc) is 0.722. The van der Waals surface area contributed by atoms with Gasteiger partial charge in [0.15, 0.2) is 0 Å². The van der Waals surface area contributed by atoms with E-state index in [0.29, 0.717) is 0 Å². The first kappa shape index (κ1) is 22.7. The molecule has 48 valence electrons. The molecule has 0 unspecified atom stereocenters. The van der Waals surface area contributed by atoms with Crippen molar-refractivity contribution in [1.82, 2.24) is 6.15 Å². The van der Waals surface area contributed by atoms with Crippen molar-refractivity contribution in [3.8, 4) is 0 Å². The van der Waals surface area contributed by atoms with Gasteiger partial charge in [0.2, 0.25) is 10.4 Å². The Morgan fingerprint density at radius 2 is 1.38 bits per heavy atom. The summed E-state index contributed by atoms with van der Waals surface area (Å²) in [4.78, 5) is 0. The molecule has 0 aliphatic rings. The molecule has 0 spiro atoms. The summed E-state index contributed by atoms with van der Waals surface area (Å²) in [5, 5.41) is 0. The maximum Gasteiger partial charge on any atom is 1.00 e. The van der Waals surface area contributed by atoms with E-state index >= 15 is 0 Å². The molecule has 0 saturated heterocycles. The summed E-state index contributed by atoms with van der Waals surface area (Å²) in [5.74, 6) is 0. The zero-order valence-corrected chi connectivity index (χ0v) is 8.23. The average molecular weight is 171 g/mol. The fraction of sp³-hybridized carbons (Fsp3) is 0. The molecule has 0 aliphatic heterocycles. The van der Waals surface area contributed by atoms with Gasteiger partial charge in [0, 0.05) is 0 Å². The second-order valence-electron chi connectivity index (χ2n) is 0.428. The predicted molar refractivity (Wildman–Crippen MR) is 21.0 cm³/mol. The Bertz CT molecular complexity index is 95.6. The van der Waals surface area contributed by atoms with Gasteiger partial charge in [-0.25, -0.2) is 8.42 Å².